The third-order valence-electron chi connectivity index (χ3n) is 1.25. The lowest BCUT2D eigenvalue weighted by atomic mass is 10.4. The van der Waals surface area contributed by atoms with E-state index in [0.717, 1.165) is 0 Å². The van der Waals surface area contributed by atoms with Gasteiger partial charge in [-0.3, -0.25) is 0 Å². The summed E-state index contributed by atoms with van der Waals surface area (Å²) in [4.78, 5) is 21.7. The minimum absolute atomic E-state index is 0.0325. The van der Waals surface area contributed by atoms with Gasteiger partial charge in [-0.2, -0.15) is 0 Å². The number of rotatable bonds is 5. The van der Waals surface area contributed by atoms with E-state index in [1.54, 1.807) is 13.8 Å². The van der Waals surface area contributed by atoms with Gasteiger partial charge in [-0.15, -0.1) is 0 Å². The SMILES string of the molecule is C=C(C)C(=O)OCCOC(=O)C(=C)C.[CH2][CH2].[CH2][CH2]. The Morgan fingerprint density at radius 2 is 1.00 bits per heavy atom. The zero-order chi connectivity index (χ0) is 15.1. The van der Waals surface area contributed by atoms with Gasteiger partial charge >= 0.3 is 11.9 Å². The average molecular weight is 254 g/mol. The van der Waals surface area contributed by atoms with Crippen molar-refractivity contribution in [1.29, 1.82) is 0 Å². The average Bonchev–Trinajstić information content (AvgIpc) is 2.38. The van der Waals surface area contributed by atoms with Crippen molar-refractivity contribution in [3.63, 3.8) is 0 Å². The predicted molar refractivity (Wildman–Crippen MR) is 73.0 cm³/mol. The van der Waals surface area contributed by atoms with E-state index < -0.39 is 11.9 Å². The van der Waals surface area contributed by atoms with Crippen LogP contribution in [0.15, 0.2) is 24.3 Å². The standard InChI is InChI=1S/C10H14O4.2C2H4/c1-7(2)9(11)13-5-6-14-10(12)8(3)4;2*1-2/h1,3,5-6H2,2,4H3;2*1-2H2. The summed E-state index contributed by atoms with van der Waals surface area (Å²) in [6, 6.07) is 0. The molecule has 0 unspecified atom stereocenters. The highest BCUT2D eigenvalue weighted by Gasteiger charge is 2.05. The predicted octanol–water partition coefficient (Wildman–Crippen LogP) is 2.53. The van der Waals surface area contributed by atoms with E-state index in [1.165, 1.54) is 0 Å². The van der Waals surface area contributed by atoms with Gasteiger partial charge in [0, 0.05) is 11.1 Å². The number of carbonyl (C=O) groups excluding carboxylic acids is 2. The number of hydrogen-bond donors (Lipinski definition) is 0. The second kappa shape index (κ2) is 15.4. The fraction of sp³-hybridized carbons (Fsp3) is 0.286. The molecule has 4 radical (unpaired) electrons. The zero-order valence-corrected chi connectivity index (χ0v) is 11.3. The van der Waals surface area contributed by atoms with Crippen molar-refractivity contribution in [2.45, 2.75) is 13.8 Å². The molecule has 0 aliphatic rings. The first kappa shape index (κ1) is 21.7. The molecule has 0 aliphatic carbocycles. The molecule has 0 spiro atoms. The van der Waals surface area contributed by atoms with Crippen molar-refractivity contribution in [3.05, 3.63) is 52.0 Å². The van der Waals surface area contributed by atoms with Gasteiger partial charge in [-0.25, -0.2) is 9.59 Å². The number of carbonyl (C=O) groups is 2. The maximum Gasteiger partial charge on any atom is 0.333 e. The van der Waals surface area contributed by atoms with Crippen LogP contribution in [0.2, 0.25) is 0 Å². The lowest BCUT2D eigenvalue weighted by molar-refractivity contribution is -0.147. The topological polar surface area (TPSA) is 52.6 Å². The van der Waals surface area contributed by atoms with Crippen LogP contribution in [-0.2, 0) is 19.1 Å². The molecule has 0 saturated heterocycles. The Hall–Kier alpha value is -1.58. The molecule has 0 bridgehead atoms. The van der Waals surface area contributed by atoms with E-state index in [9.17, 15) is 9.59 Å². The Labute approximate surface area is 111 Å². The van der Waals surface area contributed by atoms with Crippen LogP contribution in [0.3, 0.4) is 0 Å². The maximum atomic E-state index is 10.8. The Kier molecular flexibility index (Phi) is 18.6. The van der Waals surface area contributed by atoms with Crippen molar-refractivity contribution in [3.8, 4) is 0 Å². The van der Waals surface area contributed by atoms with Gasteiger partial charge in [0.2, 0.25) is 0 Å². The molecule has 0 saturated carbocycles. The van der Waals surface area contributed by atoms with Gasteiger partial charge in [0.05, 0.1) is 0 Å². The fourth-order valence-electron chi connectivity index (χ4n) is 0.515. The Morgan fingerprint density at radius 1 is 0.778 bits per heavy atom. The lowest BCUT2D eigenvalue weighted by Crippen LogP contribution is -2.14. The van der Waals surface area contributed by atoms with Crippen LogP contribution in [0.1, 0.15) is 13.8 Å². The monoisotopic (exact) mass is 254 g/mol. The lowest BCUT2D eigenvalue weighted by Gasteiger charge is -2.05. The molecule has 0 rings (SSSR count). The van der Waals surface area contributed by atoms with Crippen LogP contribution in [0.25, 0.3) is 0 Å². The van der Waals surface area contributed by atoms with Crippen LogP contribution in [0, 0.1) is 27.7 Å². The first-order chi connectivity index (χ1) is 8.45. The highest BCUT2D eigenvalue weighted by Crippen LogP contribution is 1.94. The summed E-state index contributed by atoms with van der Waals surface area (Å²) in [5, 5.41) is 0. The summed E-state index contributed by atoms with van der Waals surface area (Å²) in [5.74, 6) is -0.979. The van der Waals surface area contributed by atoms with Crippen LogP contribution < -0.4 is 0 Å². The molecule has 0 aromatic heterocycles. The smallest absolute Gasteiger partial charge is 0.333 e. The number of esters is 2. The summed E-state index contributed by atoms with van der Waals surface area (Å²) in [6.07, 6.45) is 0. The van der Waals surface area contributed by atoms with Gasteiger partial charge in [-0.1, -0.05) is 40.9 Å². The van der Waals surface area contributed by atoms with E-state index in [1.807, 2.05) is 0 Å². The molecular weight excluding hydrogens is 232 g/mol. The van der Waals surface area contributed by atoms with Gasteiger partial charge in [0.25, 0.3) is 0 Å². The summed E-state index contributed by atoms with van der Waals surface area (Å²) in [5.41, 5.74) is 0.632. The second-order valence-electron chi connectivity index (χ2n) is 2.83. The normalized spacial score (nSPS) is 7.67. The van der Waals surface area contributed by atoms with Crippen molar-refractivity contribution in [2.24, 2.45) is 0 Å². The molecule has 4 heteroatoms. The number of ether oxygens (including phenoxy) is 2. The van der Waals surface area contributed by atoms with Gasteiger partial charge in [0.1, 0.15) is 13.2 Å². The highest BCUT2D eigenvalue weighted by molar-refractivity contribution is 5.87. The van der Waals surface area contributed by atoms with Gasteiger partial charge in [-0.05, 0) is 13.8 Å². The Bertz CT molecular complexity index is 239. The molecule has 102 valence electrons. The Morgan fingerprint density at radius 3 is 1.17 bits per heavy atom. The summed E-state index contributed by atoms with van der Waals surface area (Å²) in [6.45, 7) is 22.0. The minimum Gasteiger partial charge on any atom is -0.459 e. The maximum absolute atomic E-state index is 10.8. The third kappa shape index (κ3) is 14.4. The molecule has 0 atom stereocenters. The largest absolute Gasteiger partial charge is 0.459 e. The zero-order valence-electron chi connectivity index (χ0n) is 11.3. The van der Waals surface area contributed by atoms with Crippen molar-refractivity contribution < 1.29 is 19.1 Å². The molecule has 18 heavy (non-hydrogen) atoms. The molecule has 0 heterocycles. The van der Waals surface area contributed by atoms with E-state index in [4.69, 9.17) is 0 Å². The quantitative estimate of drug-likeness (QED) is 0.430. The molecule has 0 aromatic rings. The van der Waals surface area contributed by atoms with Crippen molar-refractivity contribution >= 4 is 11.9 Å². The van der Waals surface area contributed by atoms with Crippen LogP contribution in [0.4, 0.5) is 0 Å². The molecule has 0 aromatic carbocycles. The first-order valence-corrected chi connectivity index (χ1v) is 5.10. The summed E-state index contributed by atoms with van der Waals surface area (Å²) in [7, 11) is 0. The van der Waals surface area contributed by atoms with E-state index in [2.05, 4.69) is 50.3 Å². The summed E-state index contributed by atoms with van der Waals surface area (Å²) >= 11 is 0. The molecule has 4 nitrogen and oxygen atoms in total. The molecule has 0 aliphatic heterocycles. The number of hydrogen-bond acceptors (Lipinski definition) is 4. The fourth-order valence-corrected chi connectivity index (χ4v) is 0.515. The molecular formula is C14H22O4. The second-order valence-corrected chi connectivity index (χ2v) is 2.83. The van der Waals surface area contributed by atoms with Crippen LogP contribution >= 0.6 is 0 Å². The molecule has 0 fully saturated rings. The van der Waals surface area contributed by atoms with Crippen LogP contribution in [-0.4, -0.2) is 25.2 Å². The molecule has 0 N–H and O–H groups in total. The third-order valence-corrected chi connectivity index (χ3v) is 1.25. The minimum atomic E-state index is -0.489. The van der Waals surface area contributed by atoms with Gasteiger partial charge < -0.3 is 9.47 Å². The Balaban J connectivity index is -0.000000506. The highest BCUT2D eigenvalue weighted by atomic mass is 16.6. The van der Waals surface area contributed by atoms with E-state index >= 15 is 0 Å². The van der Waals surface area contributed by atoms with Gasteiger partial charge in [0.15, 0.2) is 0 Å². The van der Waals surface area contributed by atoms with Crippen LogP contribution in [0.5, 0.6) is 0 Å². The van der Waals surface area contributed by atoms with Crippen molar-refractivity contribution in [1.82, 2.24) is 0 Å². The van der Waals surface area contributed by atoms with E-state index in [0.29, 0.717) is 11.1 Å². The summed E-state index contributed by atoms with van der Waals surface area (Å²) < 4.78 is 9.38. The van der Waals surface area contributed by atoms with E-state index in [-0.39, 0.29) is 13.2 Å². The molecule has 0 amide bonds. The van der Waals surface area contributed by atoms with Crippen molar-refractivity contribution in [2.75, 3.05) is 13.2 Å². The first-order valence-electron chi connectivity index (χ1n) is 5.10.